The van der Waals surface area contributed by atoms with Crippen molar-refractivity contribution in [2.24, 2.45) is 0 Å². The predicted molar refractivity (Wildman–Crippen MR) is 42.7 cm³/mol. The Balaban J connectivity index is 3.28. The molecule has 3 nitrogen and oxygen atoms in total. The van der Waals surface area contributed by atoms with E-state index in [1.807, 2.05) is 0 Å². The lowest BCUT2D eigenvalue weighted by Gasteiger charge is -2.09. The van der Waals surface area contributed by atoms with Gasteiger partial charge in [0.1, 0.15) is 0 Å². The first-order valence-electron chi connectivity index (χ1n) is 3.80. The Morgan fingerprint density at radius 1 is 1.43 bits per heavy atom. The van der Waals surface area contributed by atoms with E-state index in [0.29, 0.717) is 12.1 Å². The fraction of sp³-hybridized carbons (Fsp3) is 0.375. The van der Waals surface area contributed by atoms with Crippen molar-refractivity contribution >= 4 is 0 Å². The molecule has 1 rings (SSSR count). The van der Waals surface area contributed by atoms with Gasteiger partial charge in [-0.2, -0.15) is 13.2 Å². The van der Waals surface area contributed by atoms with Crippen LogP contribution in [0.4, 0.5) is 13.2 Å². The number of nitrogens with one attached hydrogen (secondary N) is 1. The maximum absolute atomic E-state index is 12.2. The molecule has 1 unspecified atom stereocenters. The normalized spacial score (nSPS) is 14.1. The quantitative estimate of drug-likeness (QED) is 0.732. The first-order valence-corrected chi connectivity index (χ1v) is 3.80. The molecule has 0 radical (unpaired) electrons. The number of halogens is 3. The summed E-state index contributed by atoms with van der Waals surface area (Å²) in [6.07, 6.45) is -5.71. The Labute approximate surface area is 77.2 Å². The van der Waals surface area contributed by atoms with Crippen LogP contribution in [0.2, 0.25) is 0 Å². The molecule has 0 saturated heterocycles. The molecule has 1 heterocycles. The van der Waals surface area contributed by atoms with Crippen LogP contribution in [0.3, 0.4) is 0 Å². The second-order valence-electron chi connectivity index (χ2n) is 2.86. The van der Waals surface area contributed by atoms with Crippen molar-refractivity contribution in [1.29, 1.82) is 0 Å². The molecule has 0 aliphatic rings. The molecule has 1 aromatic heterocycles. The second kappa shape index (κ2) is 3.45. The van der Waals surface area contributed by atoms with Gasteiger partial charge in [-0.3, -0.25) is 4.79 Å². The van der Waals surface area contributed by atoms with Crippen molar-refractivity contribution in [3.05, 3.63) is 33.7 Å². The third-order valence-electron chi connectivity index (χ3n) is 1.64. The van der Waals surface area contributed by atoms with Crippen LogP contribution in [-0.4, -0.2) is 10.1 Å². The van der Waals surface area contributed by atoms with Crippen molar-refractivity contribution in [3.8, 4) is 0 Å². The Hall–Kier alpha value is -1.30. The lowest BCUT2D eigenvalue weighted by molar-refractivity contribution is -0.137. The third kappa shape index (κ3) is 2.35. The number of hydrogen-bond acceptors (Lipinski definition) is 2. The van der Waals surface area contributed by atoms with Gasteiger partial charge in [0.05, 0.1) is 11.7 Å². The molecule has 0 aliphatic carbocycles. The number of rotatable bonds is 1. The topological polar surface area (TPSA) is 53.1 Å². The summed E-state index contributed by atoms with van der Waals surface area (Å²) in [5.41, 5.74) is -2.09. The molecule has 0 saturated carbocycles. The molecule has 0 bridgehead atoms. The van der Waals surface area contributed by atoms with Gasteiger partial charge in [-0.1, -0.05) is 0 Å². The van der Waals surface area contributed by atoms with E-state index in [1.54, 1.807) is 0 Å². The lowest BCUT2D eigenvalue weighted by Crippen LogP contribution is -2.16. The highest BCUT2D eigenvalue weighted by Gasteiger charge is 2.31. The number of H-pyrrole nitrogens is 1. The highest BCUT2D eigenvalue weighted by molar-refractivity contribution is 5.20. The zero-order valence-corrected chi connectivity index (χ0v) is 7.22. The third-order valence-corrected chi connectivity index (χ3v) is 1.64. The fourth-order valence-electron chi connectivity index (χ4n) is 0.954. The lowest BCUT2D eigenvalue weighted by atomic mass is 10.2. The minimum atomic E-state index is -4.57. The molecule has 78 valence electrons. The van der Waals surface area contributed by atoms with Crippen molar-refractivity contribution in [1.82, 2.24) is 4.98 Å². The number of aromatic amines is 1. The summed E-state index contributed by atoms with van der Waals surface area (Å²) >= 11 is 0. The van der Waals surface area contributed by atoms with Crippen LogP contribution in [0.25, 0.3) is 0 Å². The van der Waals surface area contributed by atoms with Crippen molar-refractivity contribution < 1.29 is 18.3 Å². The fourth-order valence-corrected chi connectivity index (χ4v) is 0.954. The molecule has 0 aromatic carbocycles. The van der Waals surface area contributed by atoms with Gasteiger partial charge >= 0.3 is 6.18 Å². The zero-order chi connectivity index (χ0) is 10.9. The van der Waals surface area contributed by atoms with Gasteiger partial charge in [0.15, 0.2) is 0 Å². The van der Waals surface area contributed by atoms with Crippen LogP contribution < -0.4 is 5.56 Å². The van der Waals surface area contributed by atoms with E-state index >= 15 is 0 Å². The molecule has 1 atom stereocenters. The smallest absolute Gasteiger partial charge is 0.387 e. The average Bonchev–Trinajstić information content (AvgIpc) is 2.01. The molecule has 0 fully saturated rings. The summed E-state index contributed by atoms with van der Waals surface area (Å²) in [7, 11) is 0. The Bertz CT molecular complexity index is 381. The van der Waals surface area contributed by atoms with Crippen molar-refractivity contribution in [2.75, 3.05) is 0 Å². The minimum absolute atomic E-state index is 0.148. The number of aliphatic hydroxyl groups is 1. The van der Waals surface area contributed by atoms with E-state index in [0.717, 1.165) is 0 Å². The Morgan fingerprint density at radius 3 is 2.43 bits per heavy atom. The van der Waals surface area contributed by atoms with Gasteiger partial charge in [0.25, 0.3) is 0 Å². The monoisotopic (exact) mass is 207 g/mol. The SMILES string of the molecule is CC(O)c1cc(C(F)(F)F)cc(=O)[nH]1. The van der Waals surface area contributed by atoms with E-state index < -0.39 is 23.4 Å². The van der Waals surface area contributed by atoms with Crippen LogP contribution in [0.15, 0.2) is 16.9 Å². The molecule has 2 N–H and O–H groups in total. The first kappa shape index (κ1) is 10.8. The summed E-state index contributed by atoms with van der Waals surface area (Å²) in [6.45, 7) is 1.27. The van der Waals surface area contributed by atoms with E-state index in [4.69, 9.17) is 5.11 Å². The van der Waals surface area contributed by atoms with E-state index in [1.165, 1.54) is 6.92 Å². The minimum Gasteiger partial charge on any atom is -0.387 e. The highest BCUT2D eigenvalue weighted by atomic mass is 19.4. The van der Waals surface area contributed by atoms with Crippen LogP contribution in [0, 0.1) is 0 Å². The van der Waals surface area contributed by atoms with Gasteiger partial charge in [-0.15, -0.1) is 0 Å². The van der Waals surface area contributed by atoms with Gasteiger partial charge in [0.2, 0.25) is 5.56 Å². The van der Waals surface area contributed by atoms with E-state index in [2.05, 4.69) is 4.98 Å². The van der Waals surface area contributed by atoms with Gasteiger partial charge in [0, 0.05) is 11.8 Å². The van der Waals surface area contributed by atoms with Gasteiger partial charge in [-0.25, -0.2) is 0 Å². The Kier molecular flexibility index (Phi) is 2.66. The van der Waals surface area contributed by atoms with Crippen LogP contribution in [0.1, 0.15) is 24.3 Å². The summed E-state index contributed by atoms with van der Waals surface area (Å²) in [5, 5.41) is 9.00. The standard InChI is InChI=1S/C8H8F3NO2/c1-4(13)6-2-5(8(9,10)11)3-7(14)12-6/h2-4,13H,1H3,(H,12,14). The summed E-state index contributed by atoms with van der Waals surface area (Å²) in [5.74, 6) is 0. The molecular formula is C8H8F3NO2. The molecule has 0 aliphatic heterocycles. The largest absolute Gasteiger partial charge is 0.416 e. The van der Waals surface area contributed by atoms with Crippen LogP contribution >= 0.6 is 0 Å². The van der Waals surface area contributed by atoms with Gasteiger partial charge in [-0.05, 0) is 13.0 Å². The summed E-state index contributed by atoms with van der Waals surface area (Å²) in [4.78, 5) is 12.9. The summed E-state index contributed by atoms with van der Waals surface area (Å²) < 4.78 is 36.5. The van der Waals surface area contributed by atoms with Crippen molar-refractivity contribution in [3.63, 3.8) is 0 Å². The zero-order valence-electron chi connectivity index (χ0n) is 7.22. The second-order valence-corrected chi connectivity index (χ2v) is 2.86. The Morgan fingerprint density at radius 2 is 2.00 bits per heavy atom. The summed E-state index contributed by atoms with van der Waals surface area (Å²) in [6, 6.07) is 1.16. The molecule has 1 aromatic rings. The van der Waals surface area contributed by atoms with E-state index in [9.17, 15) is 18.0 Å². The number of alkyl halides is 3. The molecule has 0 amide bonds. The predicted octanol–water partition coefficient (Wildman–Crippen LogP) is 1.45. The number of pyridine rings is 1. The molecule has 0 spiro atoms. The molecular weight excluding hydrogens is 199 g/mol. The van der Waals surface area contributed by atoms with Crippen molar-refractivity contribution in [2.45, 2.75) is 19.2 Å². The number of aliphatic hydroxyl groups excluding tert-OH is 1. The maximum Gasteiger partial charge on any atom is 0.416 e. The van der Waals surface area contributed by atoms with Gasteiger partial charge < -0.3 is 10.1 Å². The van der Waals surface area contributed by atoms with Crippen LogP contribution in [-0.2, 0) is 6.18 Å². The average molecular weight is 207 g/mol. The number of aromatic nitrogens is 1. The molecule has 6 heteroatoms. The maximum atomic E-state index is 12.2. The van der Waals surface area contributed by atoms with E-state index in [-0.39, 0.29) is 5.69 Å². The van der Waals surface area contributed by atoms with Crippen LogP contribution in [0.5, 0.6) is 0 Å². The highest BCUT2D eigenvalue weighted by Crippen LogP contribution is 2.29. The first-order chi connectivity index (χ1) is 6.30. The molecule has 14 heavy (non-hydrogen) atoms. The number of hydrogen-bond donors (Lipinski definition) is 2.